The van der Waals surface area contributed by atoms with Gasteiger partial charge in [0.25, 0.3) is 5.91 Å². The van der Waals surface area contributed by atoms with Gasteiger partial charge in [0.05, 0.1) is 30.3 Å². The smallest absolute Gasteiger partial charge is 0.251 e. The number of carbonyl (C=O) groups is 3. The van der Waals surface area contributed by atoms with Crippen molar-refractivity contribution in [3.05, 3.63) is 48.6 Å². The Labute approximate surface area is 215 Å². The molecule has 2 saturated heterocycles. The van der Waals surface area contributed by atoms with Crippen LogP contribution < -0.4 is 9.64 Å². The average Bonchev–Trinajstić information content (AvgIpc) is 3.13. The molecule has 2 fully saturated rings. The fraction of sp³-hybridized carbons (Fsp3) is 0.519. The molecular formula is C27H33N3O5S. The van der Waals surface area contributed by atoms with Crippen LogP contribution >= 0.6 is 11.8 Å². The van der Waals surface area contributed by atoms with Crippen LogP contribution in [0.15, 0.2) is 48.6 Å². The summed E-state index contributed by atoms with van der Waals surface area (Å²) < 4.78 is 3.74. The van der Waals surface area contributed by atoms with Gasteiger partial charge in [-0.25, -0.2) is 0 Å². The third kappa shape index (κ3) is 3.58. The molecule has 192 valence electrons. The van der Waals surface area contributed by atoms with Crippen LogP contribution in [-0.4, -0.2) is 88.1 Å². The number of anilines is 1. The van der Waals surface area contributed by atoms with Crippen LogP contribution in [-0.2, 0) is 14.4 Å². The highest BCUT2D eigenvalue weighted by molar-refractivity contribution is 8.02. The molecule has 1 unspecified atom stereocenters. The lowest BCUT2D eigenvalue weighted by molar-refractivity contribution is -0.143. The molecule has 5 atom stereocenters. The maximum absolute atomic E-state index is 14.2. The van der Waals surface area contributed by atoms with Crippen molar-refractivity contribution in [2.75, 3.05) is 44.8 Å². The van der Waals surface area contributed by atoms with Crippen LogP contribution in [0.25, 0.3) is 0 Å². The molecule has 0 aliphatic carbocycles. The predicted molar refractivity (Wildman–Crippen MR) is 139 cm³/mol. The van der Waals surface area contributed by atoms with Gasteiger partial charge in [-0.1, -0.05) is 31.2 Å². The first-order valence-corrected chi connectivity index (χ1v) is 13.3. The van der Waals surface area contributed by atoms with Crippen molar-refractivity contribution < 1.29 is 24.2 Å². The van der Waals surface area contributed by atoms with Crippen LogP contribution in [0.2, 0.25) is 0 Å². The van der Waals surface area contributed by atoms with Gasteiger partial charge in [0.1, 0.15) is 11.8 Å². The van der Waals surface area contributed by atoms with Crippen LogP contribution in [0.4, 0.5) is 5.69 Å². The normalized spacial score (nSPS) is 33.4. The molecule has 1 aromatic rings. The number of rotatable bonds is 6. The average molecular weight is 512 g/mol. The highest BCUT2D eigenvalue weighted by atomic mass is 32.2. The number of aliphatic hydroxyl groups excluding tert-OH is 1. The topological polar surface area (TPSA) is 90.4 Å². The number of likely N-dealkylation sites (tertiary alicyclic amines) is 1. The number of hydrogen-bond donors (Lipinski definition) is 1. The van der Waals surface area contributed by atoms with E-state index in [1.807, 2.05) is 49.1 Å². The van der Waals surface area contributed by atoms with Gasteiger partial charge in [-0.05, 0) is 37.6 Å². The molecule has 3 amide bonds. The predicted octanol–water partition coefficient (Wildman–Crippen LogP) is 2.09. The number of fused-ring (bicyclic) bond motifs is 2. The first-order chi connectivity index (χ1) is 17.3. The Hall–Kier alpha value is -2.78. The molecule has 36 heavy (non-hydrogen) atoms. The molecule has 9 heteroatoms. The van der Waals surface area contributed by atoms with E-state index in [9.17, 15) is 19.5 Å². The zero-order valence-corrected chi connectivity index (χ0v) is 21.7. The fourth-order valence-corrected chi connectivity index (χ4v) is 8.54. The molecule has 4 aliphatic rings. The Bertz CT molecular complexity index is 1120. The molecular weight excluding hydrogens is 478 g/mol. The Kier molecular flexibility index (Phi) is 6.41. The molecule has 1 spiro atoms. The van der Waals surface area contributed by atoms with Gasteiger partial charge in [0.2, 0.25) is 11.8 Å². The number of carbonyl (C=O) groups excluding carboxylic acids is 3. The van der Waals surface area contributed by atoms with Crippen molar-refractivity contribution >= 4 is 35.2 Å². The second-order valence-corrected chi connectivity index (χ2v) is 11.8. The van der Waals surface area contributed by atoms with E-state index in [1.165, 1.54) is 4.90 Å². The largest absolute Gasteiger partial charge is 0.497 e. The summed E-state index contributed by atoms with van der Waals surface area (Å²) in [5.41, 5.74) is 0.705. The van der Waals surface area contributed by atoms with Gasteiger partial charge in [-0.2, -0.15) is 0 Å². The highest BCUT2D eigenvalue weighted by Gasteiger charge is 2.73. The SMILES string of the molecule is CCCN1CC=C[C@]2(C)S[C@]34C=CCN(c5ccc(OC)cc5)C(=O)C3N(CCO)C(=O)[C@@H]4[C@@H]2C1=O. The summed E-state index contributed by atoms with van der Waals surface area (Å²) in [6.45, 7) is 5.34. The van der Waals surface area contributed by atoms with Crippen molar-refractivity contribution in [3.8, 4) is 5.75 Å². The lowest BCUT2D eigenvalue weighted by Gasteiger charge is -2.36. The Balaban J connectivity index is 1.61. The maximum atomic E-state index is 14.2. The van der Waals surface area contributed by atoms with Gasteiger partial charge in [0.15, 0.2) is 0 Å². The lowest BCUT2D eigenvalue weighted by atomic mass is 9.74. The van der Waals surface area contributed by atoms with Crippen LogP contribution in [0.3, 0.4) is 0 Å². The van der Waals surface area contributed by atoms with Gasteiger partial charge < -0.3 is 24.5 Å². The minimum atomic E-state index is -0.904. The summed E-state index contributed by atoms with van der Waals surface area (Å²) in [6, 6.07) is 6.44. The second kappa shape index (κ2) is 9.27. The summed E-state index contributed by atoms with van der Waals surface area (Å²) in [6.07, 6.45) is 8.86. The number of hydrogen-bond acceptors (Lipinski definition) is 6. The highest BCUT2D eigenvalue weighted by Crippen LogP contribution is 2.65. The molecule has 4 aliphatic heterocycles. The molecule has 0 saturated carbocycles. The Morgan fingerprint density at radius 3 is 2.39 bits per heavy atom. The van der Waals surface area contributed by atoms with Gasteiger partial charge >= 0.3 is 0 Å². The molecule has 0 bridgehead atoms. The second-order valence-electron chi connectivity index (χ2n) is 9.99. The van der Waals surface area contributed by atoms with Crippen LogP contribution in [0.1, 0.15) is 20.3 Å². The molecule has 0 aromatic heterocycles. The Morgan fingerprint density at radius 2 is 1.72 bits per heavy atom. The van der Waals surface area contributed by atoms with Crippen molar-refractivity contribution in [1.29, 1.82) is 0 Å². The third-order valence-electron chi connectivity index (χ3n) is 7.86. The molecule has 1 aromatic carbocycles. The van der Waals surface area contributed by atoms with E-state index >= 15 is 0 Å². The number of amides is 3. The minimum Gasteiger partial charge on any atom is -0.497 e. The molecule has 5 rings (SSSR count). The maximum Gasteiger partial charge on any atom is 0.251 e. The van der Waals surface area contributed by atoms with E-state index < -0.39 is 27.4 Å². The van der Waals surface area contributed by atoms with Crippen molar-refractivity contribution in [1.82, 2.24) is 9.80 Å². The summed E-state index contributed by atoms with van der Waals surface area (Å²) in [7, 11) is 1.59. The summed E-state index contributed by atoms with van der Waals surface area (Å²) in [4.78, 5) is 47.2. The van der Waals surface area contributed by atoms with E-state index in [0.717, 1.165) is 6.42 Å². The summed E-state index contributed by atoms with van der Waals surface area (Å²) in [5.74, 6) is -1.05. The molecule has 0 radical (unpaired) electrons. The summed E-state index contributed by atoms with van der Waals surface area (Å²) in [5, 5.41) is 9.84. The van der Waals surface area contributed by atoms with Crippen molar-refractivity contribution in [2.24, 2.45) is 11.8 Å². The number of aliphatic hydroxyl groups is 1. The number of benzene rings is 1. The van der Waals surface area contributed by atoms with Crippen molar-refractivity contribution in [2.45, 2.75) is 35.8 Å². The van der Waals surface area contributed by atoms with Gasteiger partial charge in [-0.3, -0.25) is 14.4 Å². The Morgan fingerprint density at radius 1 is 1.00 bits per heavy atom. The number of nitrogens with zero attached hydrogens (tertiary/aromatic N) is 3. The third-order valence-corrected chi connectivity index (χ3v) is 9.66. The zero-order valence-electron chi connectivity index (χ0n) is 20.9. The van der Waals surface area contributed by atoms with Gasteiger partial charge in [-0.15, -0.1) is 11.8 Å². The quantitative estimate of drug-likeness (QED) is 0.589. The van der Waals surface area contributed by atoms with Crippen LogP contribution in [0.5, 0.6) is 5.75 Å². The van der Waals surface area contributed by atoms with Gasteiger partial charge in [0, 0.05) is 36.6 Å². The fourth-order valence-electron chi connectivity index (χ4n) is 6.38. The molecule has 1 N–H and O–H groups in total. The number of thioether (sulfide) groups is 1. The molecule has 8 nitrogen and oxygen atoms in total. The number of β-amino-alcohol motifs (C(OH)–C–C–N with tert-alkyl or cyclic N) is 1. The van der Waals surface area contributed by atoms with E-state index in [1.54, 1.807) is 35.9 Å². The monoisotopic (exact) mass is 511 g/mol. The van der Waals surface area contributed by atoms with Crippen molar-refractivity contribution in [3.63, 3.8) is 0 Å². The number of methoxy groups -OCH3 is 1. The van der Waals surface area contributed by atoms with Crippen LogP contribution in [0, 0.1) is 11.8 Å². The minimum absolute atomic E-state index is 0.0335. The lowest BCUT2D eigenvalue weighted by Crippen LogP contribution is -2.54. The van der Waals surface area contributed by atoms with E-state index in [2.05, 4.69) is 6.08 Å². The standard InChI is InChI=1S/C27H33N3O5S/c1-4-13-28-14-5-11-26(2)20(23(28)32)21-24(33)30(16-17-31)22-25(34)29(15-6-12-27(21,22)36-26)18-7-9-19(35-3)10-8-18/h5-12,20-22,31H,4,13-17H2,1-3H3/t20-,21+,22?,26+,27+/m1/s1. The number of ether oxygens (including phenoxy) is 1. The van der Waals surface area contributed by atoms with E-state index in [4.69, 9.17) is 4.74 Å². The van der Waals surface area contributed by atoms with E-state index in [0.29, 0.717) is 31.1 Å². The van der Waals surface area contributed by atoms with E-state index in [-0.39, 0.29) is 30.9 Å². The molecule has 4 heterocycles. The summed E-state index contributed by atoms with van der Waals surface area (Å²) >= 11 is 1.56. The first kappa shape index (κ1) is 24.9. The first-order valence-electron chi connectivity index (χ1n) is 12.5. The zero-order chi connectivity index (χ0) is 25.7.